The van der Waals surface area contributed by atoms with Crippen LogP contribution in [0.3, 0.4) is 0 Å². The highest BCUT2D eigenvalue weighted by Crippen LogP contribution is 2.29. The van der Waals surface area contributed by atoms with Crippen molar-refractivity contribution in [3.63, 3.8) is 0 Å². The molecule has 0 aliphatic carbocycles. The molecule has 1 unspecified atom stereocenters. The van der Waals surface area contributed by atoms with Gasteiger partial charge in [0.1, 0.15) is 12.4 Å². The summed E-state index contributed by atoms with van der Waals surface area (Å²) in [6, 6.07) is 12.4. The van der Waals surface area contributed by atoms with Gasteiger partial charge in [-0.2, -0.15) is 11.8 Å². The lowest BCUT2D eigenvalue weighted by molar-refractivity contribution is -0.139. The molecule has 0 spiro atoms. The van der Waals surface area contributed by atoms with Gasteiger partial charge in [-0.3, -0.25) is 4.79 Å². The van der Waals surface area contributed by atoms with E-state index in [0.717, 1.165) is 27.8 Å². The predicted molar refractivity (Wildman–Crippen MR) is 129 cm³/mol. The first-order valence-corrected chi connectivity index (χ1v) is 11.5. The molecule has 3 rings (SSSR count). The fourth-order valence-electron chi connectivity index (χ4n) is 3.28. The monoisotopic (exact) mass is 447 g/mol. The standard InChI is InChI=1S/C25H25N3O3S/c1-17-5-3-4-6-20(17)22-13-18(7-8-19-14-26-16-27-15-19)9-10-21(22)24(29)28-23(25(30)31)11-12-32-2/h3-10,13-16,23H,11-12H2,1-2H3,(H,28,29)(H,30,31)/b8-7+. The van der Waals surface area contributed by atoms with Crippen LogP contribution in [0.15, 0.2) is 61.2 Å². The van der Waals surface area contributed by atoms with Gasteiger partial charge in [0.15, 0.2) is 0 Å². The molecule has 0 bridgehead atoms. The van der Waals surface area contributed by atoms with Crippen LogP contribution >= 0.6 is 11.8 Å². The molecule has 164 valence electrons. The number of aliphatic carboxylic acids is 1. The Morgan fingerprint density at radius 1 is 1.06 bits per heavy atom. The topological polar surface area (TPSA) is 92.2 Å². The van der Waals surface area contributed by atoms with Crippen LogP contribution in [-0.2, 0) is 4.79 Å². The molecular formula is C25H25N3O3S. The number of nitrogens with zero attached hydrogens (tertiary/aromatic N) is 2. The number of thioether (sulfide) groups is 1. The van der Waals surface area contributed by atoms with Gasteiger partial charge in [0.05, 0.1) is 0 Å². The average molecular weight is 448 g/mol. The molecular weight excluding hydrogens is 422 g/mol. The van der Waals surface area contributed by atoms with Crippen LogP contribution in [-0.4, -0.2) is 45.0 Å². The minimum atomic E-state index is -1.03. The number of hydrogen-bond acceptors (Lipinski definition) is 5. The molecule has 1 aromatic heterocycles. The van der Waals surface area contributed by atoms with Crippen LogP contribution in [0.4, 0.5) is 0 Å². The number of carboxylic acids is 1. The normalized spacial score (nSPS) is 11.9. The molecule has 0 fully saturated rings. The van der Waals surface area contributed by atoms with Crippen LogP contribution in [0.25, 0.3) is 23.3 Å². The zero-order valence-corrected chi connectivity index (χ0v) is 18.8. The van der Waals surface area contributed by atoms with Gasteiger partial charge in [-0.15, -0.1) is 0 Å². The number of aromatic nitrogens is 2. The quantitative estimate of drug-likeness (QED) is 0.500. The van der Waals surface area contributed by atoms with E-state index < -0.39 is 17.9 Å². The highest BCUT2D eigenvalue weighted by Gasteiger charge is 2.22. The van der Waals surface area contributed by atoms with E-state index in [9.17, 15) is 14.7 Å². The smallest absolute Gasteiger partial charge is 0.326 e. The number of aryl methyl sites for hydroxylation is 1. The summed E-state index contributed by atoms with van der Waals surface area (Å²) in [5.74, 6) is -0.785. The summed E-state index contributed by atoms with van der Waals surface area (Å²) >= 11 is 1.55. The molecule has 0 radical (unpaired) electrons. The zero-order chi connectivity index (χ0) is 22.9. The first-order chi connectivity index (χ1) is 15.5. The van der Waals surface area contributed by atoms with Crippen molar-refractivity contribution in [1.82, 2.24) is 15.3 Å². The molecule has 2 N–H and O–H groups in total. The summed E-state index contributed by atoms with van der Waals surface area (Å²) in [5.41, 5.74) is 4.91. The first-order valence-electron chi connectivity index (χ1n) is 10.2. The lowest BCUT2D eigenvalue weighted by Crippen LogP contribution is -2.41. The molecule has 0 aliphatic heterocycles. The van der Waals surface area contributed by atoms with Crippen molar-refractivity contribution in [3.8, 4) is 11.1 Å². The molecule has 1 atom stereocenters. The molecule has 32 heavy (non-hydrogen) atoms. The van der Waals surface area contributed by atoms with Crippen molar-refractivity contribution in [1.29, 1.82) is 0 Å². The van der Waals surface area contributed by atoms with Crippen molar-refractivity contribution < 1.29 is 14.7 Å². The van der Waals surface area contributed by atoms with Crippen LogP contribution in [0.1, 0.15) is 33.5 Å². The first kappa shape index (κ1) is 23.2. The Balaban J connectivity index is 1.98. The number of carbonyl (C=O) groups excluding carboxylic acids is 1. The Bertz CT molecular complexity index is 1120. The third-order valence-electron chi connectivity index (χ3n) is 4.99. The van der Waals surface area contributed by atoms with E-state index in [1.165, 1.54) is 6.33 Å². The summed E-state index contributed by atoms with van der Waals surface area (Å²) in [6.45, 7) is 1.99. The fraction of sp³-hybridized carbons (Fsp3) is 0.200. The maximum Gasteiger partial charge on any atom is 0.326 e. The number of amides is 1. The highest BCUT2D eigenvalue weighted by atomic mass is 32.2. The number of nitrogens with one attached hydrogen (secondary N) is 1. The number of hydrogen-bond donors (Lipinski definition) is 2. The number of carboxylic acid groups (broad SMARTS) is 1. The van der Waals surface area contributed by atoms with Gasteiger partial charge in [-0.25, -0.2) is 14.8 Å². The summed E-state index contributed by atoms with van der Waals surface area (Å²) in [5, 5.41) is 12.2. The molecule has 1 heterocycles. The van der Waals surface area contributed by atoms with E-state index in [0.29, 0.717) is 17.7 Å². The second-order valence-corrected chi connectivity index (χ2v) is 8.26. The maximum atomic E-state index is 13.1. The Hall–Kier alpha value is -3.45. The van der Waals surface area contributed by atoms with E-state index >= 15 is 0 Å². The lowest BCUT2D eigenvalue weighted by atomic mass is 9.93. The Kier molecular flexibility index (Phi) is 8.16. The molecule has 6 nitrogen and oxygen atoms in total. The van der Waals surface area contributed by atoms with Gasteiger partial charge in [0.25, 0.3) is 5.91 Å². The maximum absolute atomic E-state index is 13.1. The van der Waals surface area contributed by atoms with Gasteiger partial charge in [-0.05, 0) is 59.7 Å². The van der Waals surface area contributed by atoms with Gasteiger partial charge in [0, 0.05) is 23.5 Å². The largest absolute Gasteiger partial charge is 0.480 e. The van der Waals surface area contributed by atoms with Crippen LogP contribution in [0.5, 0.6) is 0 Å². The lowest BCUT2D eigenvalue weighted by Gasteiger charge is -2.17. The van der Waals surface area contributed by atoms with Crippen LogP contribution < -0.4 is 5.32 Å². The minimum absolute atomic E-state index is 0.363. The Morgan fingerprint density at radius 3 is 2.47 bits per heavy atom. The number of carbonyl (C=O) groups is 2. The van der Waals surface area contributed by atoms with E-state index in [2.05, 4.69) is 15.3 Å². The molecule has 0 aliphatic rings. The van der Waals surface area contributed by atoms with Crippen molar-refractivity contribution in [2.45, 2.75) is 19.4 Å². The van der Waals surface area contributed by atoms with Crippen molar-refractivity contribution in [2.24, 2.45) is 0 Å². The van der Waals surface area contributed by atoms with Crippen molar-refractivity contribution in [2.75, 3.05) is 12.0 Å². The second-order valence-electron chi connectivity index (χ2n) is 7.27. The molecule has 3 aromatic rings. The number of benzene rings is 2. The molecule has 1 amide bonds. The predicted octanol–water partition coefficient (Wildman–Crippen LogP) is 4.56. The van der Waals surface area contributed by atoms with Crippen molar-refractivity contribution >= 4 is 35.8 Å². The molecule has 7 heteroatoms. The molecule has 0 saturated heterocycles. The van der Waals surface area contributed by atoms with Gasteiger partial charge >= 0.3 is 5.97 Å². The van der Waals surface area contributed by atoms with Gasteiger partial charge in [0.2, 0.25) is 0 Å². The Labute approximate surface area is 191 Å². The van der Waals surface area contributed by atoms with E-state index in [-0.39, 0.29) is 0 Å². The summed E-state index contributed by atoms with van der Waals surface area (Å²) in [7, 11) is 0. The number of rotatable bonds is 9. The highest BCUT2D eigenvalue weighted by molar-refractivity contribution is 7.98. The summed E-state index contributed by atoms with van der Waals surface area (Å²) < 4.78 is 0. The third kappa shape index (κ3) is 6.04. The third-order valence-corrected chi connectivity index (χ3v) is 5.63. The van der Waals surface area contributed by atoms with Crippen LogP contribution in [0.2, 0.25) is 0 Å². The molecule has 0 saturated carbocycles. The Morgan fingerprint density at radius 2 is 1.78 bits per heavy atom. The zero-order valence-electron chi connectivity index (χ0n) is 18.0. The minimum Gasteiger partial charge on any atom is -0.480 e. The van der Waals surface area contributed by atoms with Gasteiger partial charge < -0.3 is 10.4 Å². The SMILES string of the molecule is CSCCC(NC(=O)c1ccc(/C=C/c2cncnc2)cc1-c1ccccc1C)C(=O)O. The van der Waals surface area contributed by atoms with Crippen molar-refractivity contribution in [3.05, 3.63) is 83.4 Å². The summed E-state index contributed by atoms with van der Waals surface area (Å²) in [6.07, 6.45) is 11.0. The van der Waals surface area contributed by atoms with Crippen LogP contribution in [0, 0.1) is 6.92 Å². The second kappa shape index (κ2) is 11.2. The van der Waals surface area contributed by atoms with E-state index in [1.807, 2.05) is 61.7 Å². The van der Waals surface area contributed by atoms with Gasteiger partial charge in [-0.1, -0.05) is 42.5 Å². The summed E-state index contributed by atoms with van der Waals surface area (Å²) in [4.78, 5) is 32.7. The van der Waals surface area contributed by atoms with E-state index in [1.54, 1.807) is 30.2 Å². The molecule has 2 aromatic carbocycles. The average Bonchev–Trinajstić information content (AvgIpc) is 2.81. The van der Waals surface area contributed by atoms with E-state index in [4.69, 9.17) is 0 Å². The fourth-order valence-corrected chi connectivity index (χ4v) is 3.75.